The first-order valence-electron chi connectivity index (χ1n) is 10.5. The van der Waals surface area contributed by atoms with E-state index in [0.717, 1.165) is 24.6 Å². The van der Waals surface area contributed by atoms with Crippen molar-refractivity contribution in [2.24, 2.45) is 0 Å². The summed E-state index contributed by atoms with van der Waals surface area (Å²) in [5.41, 5.74) is 1.88. The van der Waals surface area contributed by atoms with Gasteiger partial charge in [0.25, 0.3) is 0 Å². The molecular formula is C24H23F2NO4. The number of ether oxygens (including phenoxy) is 2. The van der Waals surface area contributed by atoms with Crippen LogP contribution in [0.25, 0.3) is 21.9 Å². The molecule has 7 heteroatoms. The van der Waals surface area contributed by atoms with Crippen molar-refractivity contribution in [3.63, 3.8) is 0 Å². The van der Waals surface area contributed by atoms with E-state index < -0.39 is 11.6 Å². The molecule has 1 aromatic heterocycles. The molecule has 162 valence electrons. The number of nitrogens with zero attached hydrogens (tertiary/aromatic N) is 1. The molecule has 2 aliphatic rings. The highest BCUT2D eigenvalue weighted by Gasteiger charge is 2.32. The lowest BCUT2D eigenvalue weighted by molar-refractivity contribution is -0.0122. The van der Waals surface area contributed by atoms with E-state index in [4.69, 9.17) is 14.5 Å². The maximum Gasteiger partial charge on any atom is 0.225 e. The number of aromatic nitrogens is 1. The van der Waals surface area contributed by atoms with Gasteiger partial charge in [0.05, 0.1) is 17.2 Å². The van der Waals surface area contributed by atoms with Crippen molar-refractivity contribution in [2.45, 2.75) is 43.8 Å². The van der Waals surface area contributed by atoms with Crippen molar-refractivity contribution in [2.75, 3.05) is 13.2 Å². The predicted molar refractivity (Wildman–Crippen MR) is 111 cm³/mol. The lowest BCUT2D eigenvalue weighted by Gasteiger charge is -2.32. The Bertz CT molecular complexity index is 1120. The summed E-state index contributed by atoms with van der Waals surface area (Å²) in [4.78, 5) is 4.83. The summed E-state index contributed by atoms with van der Waals surface area (Å²) in [6.45, 7) is 1.18. The van der Waals surface area contributed by atoms with Crippen LogP contribution in [0.5, 0.6) is 11.6 Å². The average Bonchev–Trinajstić information content (AvgIpc) is 2.75. The van der Waals surface area contributed by atoms with Gasteiger partial charge in [-0.25, -0.2) is 13.8 Å². The van der Waals surface area contributed by atoms with E-state index in [1.54, 1.807) is 12.1 Å². The molecule has 1 saturated carbocycles. The number of aliphatic hydroxyl groups excluding tert-OH is 1. The Labute approximate surface area is 178 Å². The van der Waals surface area contributed by atoms with E-state index in [0.29, 0.717) is 53.8 Å². The van der Waals surface area contributed by atoms with E-state index >= 15 is 0 Å². The zero-order valence-corrected chi connectivity index (χ0v) is 16.9. The summed E-state index contributed by atoms with van der Waals surface area (Å²) < 4.78 is 39.4. The van der Waals surface area contributed by atoms with Crippen LogP contribution in [0.1, 0.15) is 37.3 Å². The van der Waals surface area contributed by atoms with Crippen molar-refractivity contribution in [1.29, 1.82) is 0 Å². The van der Waals surface area contributed by atoms with Gasteiger partial charge < -0.3 is 19.7 Å². The quantitative estimate of drug-likeness (QED) is 0.633. The van der Waals surface area contributed by atoms with E-state index in [1.165, 1.54) is 12.1 Å². The van der Waals surface area contributed by atoms with Gasteiger partial charge in [-0.15, -0.1) is 0 Å². The molecule has 0 atom stereocenters. The molecule has 2 heterocycles. The van der Waals surface area contributed by atoms with E-state index in [9.17, 15) is 19.0 Å². The van der Waals surface area contributed by atoms with Gasteiger partial charge >= 0.3 is 0 Å². The molecule has 1 saturated heterocycles. The third-order valence-corrected chi connectivity index (χ3v) is 6.17. The Kier molecular flexibility index (Phi) is 5.24. The molecule has 5 rings (SSSR count). The predicted octanol–water partition coefficient (Wildman–Crippen LogP) is 4.68. The second kappa shape index (κ2) is 8.05. The Morgan fingerprint density at radius 3 is 2.52 bits per heavy atom. The molecule has 31 heavy (non-hydrogen) atoms. The minimum absolute atomic E-state index is 0.00207. The molecular weight excluding hydrogens is 404 g/mol. The van der Waals surface area contributed by atoms with Crippen LogP contribution in [0.3, 0.4) is 0 Å². The average molecular weight is 427 g/mol. The number of rotatable bonds is 4. The third kappa shape index (κ3) is 3.72. The normalized spacial score (nSPS) is 21.8. The molecule has 3 aromatic rings. The van der Waals surface area contributed by atoms with E-state index in [2.05, 4.69) is 0 Å². The highest BCUT2D eigenvalue weighted by atomic mass is 19.2. The van der Waals surface area contributed by atoms with Crippen LogP contribution in [-0.2, 0) is 4.74 Å². The topological polar surface area (TPSA) is 71.8 Å². The van der Waals surface area contributed by atoms with Crippen LogP contribution in [0.4, 0.5) is 8.78 Å². The second-order valence-electron chi connectivity index (χ2n) is 8.26. The molecule has 2 fully saturated rings. The van der Waals surface area contributed by atoms with Crippen molar-refractivity contribution in [1.82, 2.24) is 4.98 Å². The number of aliphatic hydroxyl groups is 1. The van der Waals surface area contributed by atoms with Gasteiger partial charge in [0.1, 0.15) is 11.9 Å². The lowest BCUT2D eigenvalue weighted by atomic mass is 9.87. The fourth-order valence-corrected chi connectivity index (χ4v) is 4.43. The Morgan fingerprint density at radius 2 is 1.81 bits per heavy atom. The summed E-state index contributed by atoms with van der Waals surface area (Å²) in [6, 6.07) is 8.90. The molecule has 5 nitrogen and oxygen atoms in total. The molecule has 0 unspecified atom stereocenters. The molecule has 0 spiro atoms. The van der Waals surface area contributed by atoms with Crippen molar-refractivity contribution >= 4 is 10.8 Å². The minimum atomic E-state index is -0.937. The van der Waals surface area contributed by atoms with Crippen LogP contribution in [0.2, 0.25) is 0 Å². The third-order valence-electron chi connectivity index (χ3n) is 6.17. The number of phenols is 1. The Balaban J connectivity index is 1.74. The van der Waals surface area contributed by atoms with Gasteiger partial charge in [0.2, 0.25) is 5.88 Å². The maximum absolute atomic E-state index is 14.1. The van der Waals surface area contributed by atoms with E-state index in [1.807, 2.05) is 6.07 Å². The van der Waals surface area contributed by atoms with Crippen LogP contribution < -0.4 is 4.74 Å². The first-order valence-corrected chi connectivity index (χ1v) is 10.5. The number of hydrogen-bond acceptors (Lipinski definition) is 5. The first kappa shape index (κ1) is 20.2. The zero-order chi connectivity index (χ0) is 21.5. The van der Waals surface area contributed by atoms with Gasteiger partial charge in [-0.05, 0) is 36.6 Å². The fraction of sp³-hybridized carbons (Fsp3) is 0.375. The molecule has 1 aliphatic carbocycles. The summed E-state index contributed by atoms with van der Waals surface area (Å²) in [6.07, 6.45) is 1.94. The van der Waals surface area contributed by atoms with Gasteiger partial charge in [-0.3, -0.25) is 0 Å². The SMILES string of the molecule is Oc1cccc2c(-c3ccc(F)c(F)c3)c(C3CCOCC3)nc(OC3CC(O)C3)c12. The molecule has 1 aliphatic heterocycles. The molecule has 0 radical (unpaired) electrons. The summed E-state index contributed by atoms with van der Waals surface area (Å²) in [7, 11) is 0. The van der Waals surface area contributed by atoms with E-state index in [-0.39, 0.29) is 23.9 Å². The van der Waals surface area contributed by atoms with Crippen LogP contribution in [0, 0.1) is 11.6 Å². The summed E-state index contributed by atoms with van der Waals surface area (Å²) >= 11 is 0. The lowest BCUT2D eigenvalue weighted by Crippen LogP contribution is -2.37. The van der Waals surface area contributed by atoms with Gasteiger partial charge in [0, 0.05) is 42.9 Å². The largest absolute Gasteiger partial charge is 0.507 e. The van der Waals surface area contributed by atoms with Gasteiger partial charge in [-0.1, -0.05) is 18.2 Å². The van der Waals surface area contributed by atoms with Crippen molar-refractivity contribution in [3.05, 3.63) is 53.7 Å². The number of phenolic OH excluding ortho intramolecular Hbond substituents is 1. The number of pyridine rings is 1. The Hall–Kier alpha value is -2.77. The standard InChI is InChI=1S/C24H23F2NO4/c25-18-5-4-14(10-19(18)26)21-17-2-1-3-20(29)22(17)24(31-16-11-15(28)12-16)27-23(21)13-6-8-30-9-7-13/h1-5,10,13,15-16,28-29H,6-9,11-12H2. The van der Waals surface area contributed by atoms with Crippen LogP contribution >= 0.6 is 0 Å². The Morgan fingerprint density at radius 1 is 1.03 bits per heavy atom. The fourth-order valence-electron chi connectivity index (χ4n) is 4.43. The monoisotopic (exact) mass is 427 g/mol. The molecule has 0 amide bonds. The van der Waals surface area contributed by atoms with Crippen LogP contribution in [-0.4, -0.2) is 40.6 Å². The van der Waals surface area contributed by atoms with Gasteiger partial charge in [0.15, 0.2) is 11.6 Å². The molecule has 0 bridgehead atoms. The summed E-state index contributed by atoms with van der Waals surface area (Å²) in [5, 5.41) is 21.4. The number of halogens is 2. The van der Waals surface area contributed by atoms with Crippen LogP contribution in [0.15, 0.2) is 36.4 Å². The number of fused-ring (bicyclic) bond motifs is 1. The highest BCUT2D eigenvalue weighted by molar-refractivity contribution is 6.03. The zero-order valence-electron chi connectivity index (χ0n) is 16.9. The van der Waals surface area contributed by atoms with Crippen molar-refractivity contribution in [3.8, 4) is 22.8 Å². The first-order chi connectivity index (χ1) is 15.0. The minimum Gasteiger partial charge on any atom is -0.507 e. The van der Waals surface area contributed by atoms with Crippen molar-refractivity contribution < 1.29 is 28.5 Å². The second-order valence-corrected chi connectivity index (χ2v) is 8.26. The molecule has 2 N–H and O–H groups in total. The molecule has 2 aromatic carbocycles. The van der Waals surface area contributed by atoms with Gasteiger partial charge in [-0.2, -0.15) is 0 Å². The smallest absolute Gasteiger partial charge is 0.225 e. The summed E-state index contributed by atoms with van der Waals surface area (Å²) in [5.74, 6) is -1.49. The number of aromatic hydroxyl groups is 1. The number of hydrogen-bond donors (Lipinski definition) is 2. The maximum atomic E-state index is 14.1. The number of benzene rings is 2. The highest BCUT2D eigenvalue weighted by Crippen LogP contribution is 2.45.